The molecule has 0 aromatic heterocycles. The minimum atomic E-state index is -0.940. The number of carbonyl (C=O) groups is 1. The number of hydrogen-bond donors (Lipinski definition) is 1. The molecule has 1 aliphatic rings. The van der Waals surface area contributed by atoms with Crippen LogP contribution in [0.5, 0.6) is 0 Å². The molecule has 1 N–H and O–H groups in total. The van der Waals surface area contributed by atoms with Gasteiger partial charge in [-0.3, -0.25) is 4.79 Å². The number of fused-ring (bicyclic) bond motifs is 1. The number of carboxylic acid groups (broad SMARTS) is 1. The summed E-state index contributed by atoms with van der Waals surface area (Å²) in [6, 6.07) is 2.63. The monoisotopic (exact) mass is 212 g/mol. The molecule has 1 unspecified atom stereocenters. The minimum absolute atomic E-state index is 0.0915. The quantitative estimate of drug-likeness (QED) is 0.774. The van der Waals surface area contributed by atoms with E-state index in [1.807, 2.05) is 0 Å². The molecule has 1 aliphatic carbocycles. The van der Waals surface area contributed by atoms with Crippen LogP contribution in [-0.4, -0.2) is 11.1 Å². The van der Waals surface area contributed by atoms with E-state index < -0.39 is 23.5 Å². The smallest absolute Gasteiger partial charge is 0.306 e. The molecular formula is C11H10F2O2. The highest BCUT2D eigenvalue weighted by Crippen LogP contribution is 2.28. The third-order valence-electron chi connectivity index (χ3n) is 2.85. The fourth-order valence-corrected chi connectivity index (χ4v) is 1.98. The minimum Gasteiger partial charge on any atom is -0.481 e. The lowest BCUT2D eigenvalue weighted by atomic mass is 9.83. The summed E-state index contributed by atoms with van der Waals surface area (Å²) in [6.45, 7) is 0. The van der Waals surface area contributed by atoms with Crippen LogP contribution >= 0.6 is 0 Å². The lowest BCUT2D eigenvalue weighted by molar-refractivity contribution is -0.142. The van der Waals surface area contributed by atoms with Crippen molar-refractivity contribution in [3.05, 3.63) is 34.9 Å². The molecule has 1 aromatic carbocycles. The molecule has 0 fully saturated rings. The highest BCUT2D eigenvalue weighted by molar-refractivity contribution is 5.71. The largest absolute Gasteiger partial charge is 0.481 e. The zero-order valence-electron chi connectivity index (χ0n) is 7.96. The average molecular weight is 212 g/mol. The first-order valence-electron chi connectivity index (χ1n) is 4.78. The van der Waals surface area contributed by atoms with Gasteiger partial charge in [0, 0.05) is 0 Å². The van der Waals surface area contributed by atoms with Gasteiger partial charge in [0.2, 0.25) is 0 Å². The number of benzene rings is 1. The first kappa shape index (κ1) is 10.1. The molecule has 4 heteroatoms. The third kappa shape index (κ3) is 1.71. The molecule has 0 heterocycles. The van der Waals surface area contributed by atoms with Crippen LogP contribution in [0.3, 0.4) is 0 Å². The Morgan fingerprint density at radius 2 is 2.13 bits per heavy atom. The summed E-state index contributed by atoms with van der Waals surface area (Å²) in [4.78, 5) is 10.7. The Hall–Kier alpha value is -1.45. The molecule has 0 amide bonds. The van der Waals surface area contributed by atoms with E-state index in [1.54, 1.807) is 0 Å². The molecule has 2 nitrogen and oxygen atoms in total. The molecule has 0 spiro atoms. The van der Waals surface area contributed by atoms with Crippen molar-refractivity contribution in [2.45, 2.75) is 19.3 Å². The van der Waals surface area contributed by atoms with Gasteiger partial charge in [0.1, 0.15) is 0 Å². The molecule has 0 saturated carbocycles. The Bertz CT molecular complexity index is 415. The van der Waals surface area contributed by atoms with Crippen molar-refractivity contribution in [3.63, 3.8) is 0 Å². The second kappa shape index (κ2) is 3.61. The number of aliphatic carboxylic acids is 1. The van der Waals surface area contributed by atoms with Gasteiger partial charge in [0.25, 0.3) is 0 Å². The van der Waals surface area contributed by atoms with Gasteiger partial charge in [-0.05, 0) is 36.5 Å². The van der Waals surface area contributed by atoms with E-state index in [2.05, 4.69) is 0 Å². The van der Waals surface area contributed by atoms with Crippen LogP contribution < -0.4 is 0 Å². The Kier molecular flexibility index (Phi) is 2.42. The van der Waals surface area contributed by atoms with Crippen molar-refractivity contribution in [1.29, 1.82) is 0 Å². The highest BCUT2D eigenvalue weighted by atomic mass is 19.2. The summed E-state index contributed by atoms with van der Waals surface area (Å²) in [7, 11) is 0. The average Bonchev–Trinajstić information content (AvgIpc) is 2.23. The van der Waals surface area contributed by atoms with Crippen molar-refractivity contribution in [1.82, 2.24) is 0 Å². The summed E-state index contributed by atoms with van der Waals surface area (Å²) in [5, 5.41) is 8.81. The van der Waals surface area contributed by atoms with Crippen molar-refractivity contribution in [3.8, 4) is 0 Å². The molecule has 0 bridgehead atoms. The van der Waals surface area contributed by atoms with Crippen molar-refractivity contribution in [2.75, 3.05) is 0 Å². The van der Waals surface area contributed by atoms with Gasteiger partial charge in [-0.2, -0.15) is 0 Å². The van der Waals surface area contributed by atoms with Crippen LogP contribution in [0.4, 0.5) is 8.78 Å². The normalized spacial score (nSPS) is 19.7. The van der Waals surface area contributed by atoms with Crippen LogP contribution in [0.2, 0.25) is 0 Å². The summed E-state index contributed by atoms with van der Waals surface area (Å²) in [5.74, 6) is -3.32. The number of hydrogen-bond acceptors (Lipinski definition) is 1. The zero-order chi connectivity index (χ0) is 11.0. The van der Waals surface area contributed by atoms with Gasteiger partial charge in [-0.25, -0.2) is 8.78 Å². The fraction of sp³-hybridized carbons (Fsp3) is 0.364. The van der Waals surface area contributed by atoms with Crippen molar-refractivity contribution >= 4 is 5.97 Å². The number of aryl methyl sites for hydroxylation is 1. The summed E-state index contributed by atoms with van der Waals surface area (Å²) in [6.07, 6.45) is 1.09. The van der Waals surface area contributed by atoms with E-state index in [0.29, 0.717) is 12.8 Å². The van der Waals surface area contributed by atoms with Gasteiger partial charge in [-0.1, -0.05) is 6.07 Å². The van der Waals surface area contributed by atoms with Crippen LogP contribution in [0.15, 0.2) is 12.1 Å². The van der Waals surface area contributed by atoms with Gasteiger partial charge in [0.05, 0.1) is 5.92 Å². The SMILES string of the molecule is O=C(O)C1CCc2ccc(F)c(F)c2C1. The molecule has 15 heavy (non-hydrogen) atoms. The summed E-state index contributed by atoms with van der Waals surface area (Å²) < 4.78 is 26.3. The topological polar surface area (TPSA) is 37.3 Å². The lowest BCUT2D eigenvalue weighted by Gasteiger charge is -2.21. The maximum Gasteiger partial charge on any atom is 0.306 e. The van der Waals surface area contributed by atoms with Gasteiger partial charge >= 0.3 is 5.97 Å². The Morgan fingerprint density at radius 3 is 2.80 bits per heavy atom. The van der Waals surface area contributed by atoms with Gasteiger partial charge in [0.15, 0.2) is 11.6 Å². The third-order valence-corrected chi connectivity index (χ3v) is 2.85. The molecule has 80 valence electrons. The van der Waals surface area contributed by atoms with E-state index >= 15 is 0 Å². The lowest BCUT2D eigenvalue weighted by Crippen LogP contribution is -2.23. The molecule has 1 aromatic rings. The summed E-state index contributed by atoms with van der Waals surface area (Å²) in [5.41, 5.74) is 0.958. The van der Waals surface area contributed by atoms with E-state index in [4.69, 9.17) is 5.11 Å². The highest BCUT2D eigenvalue weighted by Gasteiger charge is 2.27. The second-order valence-electron chi connectivity index (χ2n) is 3.78. The fourth-order valence-electron chi connectivity index (χ4n) is 1.98. The number of rotatable bonds is 1. The first-order chi connectivity index (χ1) is 7.09. The Labute approximate surface area is 85.5 Å². The maximum absolute atomic E-state index is 13.4. The Morgan fingerprint density at radius 1 is 1.40 bits per heavy atom. The molecule has 0 saturated heterocycles. The Balaban J connectivity index is 2.39. The van der Waals surface area contributed by atoms with Gasteiger partial charge in [-0.15, -0.1) is 0 Å². The summed E-state index contributed by atoms with van der Waals surface area (Å²) >= 11 is 0. The standard InChI is InChI=1S/C11H10F2O2/c12-9-4-3-6-1-2-7(11(14)15)5-8(6)10(9)13/h3-4,7H,1-2,5H2,(H,14,15). The predicted octanol–water partition coefficient (Wildman–Crippen LogP) is 2.15. The molecule has 2 rings (SSSR count). The van der Waals surface area contributed by atoms with E-state index in [0.717, 1.165) is 11.6 Å². The van der Waals surface area contributed by atoms with Crippen molar-refractivity contribution in [2.24, 2.45) is 5.92 Å². The van der Waals surface area contributed by atoms with E-state index in [9.17, 15) is 13.6 Å². The van der Waals surface area contributed by atoms with E-state index in [1.165, 1.54) is 6.07 Å². The molecule has 0 radical (unpaired) electrons. The van der Waals surface area contributed by atoms with Crippen LogP contribution in [0.25, 0.3) is 0 Å². The maximum atomic E-state index is 13.4. The predicted molar refractivity (Wildman–Crippen MR) is 49.5 cm³/mol. The van der Waals surface area contributed by atoms with E-state index in [-0.39, 0.29) is 12.0 Å². The molecule has 0 aliphatic heterocycles. The molecule has 1 atom stereocenters. The van der Waals surface area contributed by atoms with Crippen LogP contribution in [0.1, 0.15) is 17.5 Å². The second-order valence-corrected chi connectivity index (χ2v) is 3.78. The van der Waals surface area contributed by atoms with Crippen LogP contribution in [-0.2, 0) is 17.6 Å². The first-order valence-corrected chi connectivity index (χ1v) is 4.78. The van der Waals surface area contributed by atoms with Gasteiger partial charge < -0.3 is 5.11 Å². The van der Waals surface area contributed by atoms with Crippen molar-refractivity contribution < 1.29 is 18.7 Å². The zero-order valence-corrected chi connectivity index (χ0v) is 7.96. The number of halogens is 2. The molecular weight excluding hydrogens is 202 g/mol. The number of carboxylic acids is 1. The van der Waals surface area contributed by atoms with Crippen LogP contribution in [0, 0.1) is 17.6 Å².